The van der Waals surface area contributed by atoms with E-state index in [1.165, 1.54) is 7.11 Å². The molecule has 0 bridgehead atoms. The van der Waals surface area contributed by atoms with Crippen molar-refractivity contribution in [3.05, 3.63) is 83.4 Å². The van der Waals surface area contributed by atoms with Crippen LogP contribution in [0.5, 0.6) is 0 Å². The maximum absolute atomic E-state index is 15.2. The van der Waals surface area contributed by atoms with Crippen LogP contribution in [0, 0.1) is 18.8 Å². The molecule has 6 nitrogen and oxygen atoms in total. The SMILES string of the molecule is COC(=O)CCC/C=C\C[C@H]1[C@H](COCc2cccc(C)c2)[C@@H](OS(=O)(=O)Cc2ccccc2)C[C@@H]1F. The lowest BCUT2D eigenvalue weighted by Gasteiger charge is -2.24. The van der Waals surface area contributed by atoms with Crippen molar-refractivity contribution in [1.82, 2.24) is 0 Å². The van der Waals surface area contributed by atoms with Gasteiger partial charge in [-0.05, 0) is 37.3 Å². The number of hydrogen-bond donors (Lipinski definition) is 0. The minimum absolute atomic E-state index is 0.00728. The van der Waals surface area contributed by atoms with Crippen molar-refractivity contribution < 1.29 is 31.3 Å². The van der Waals surface area contributed by atoms with Gasteiger partial charge in [0.15, 0.2) is 0 Å². The molecule has 0 amide bonds. The number of unbranched alkanes of at least 4 members (excludes halogenated alkanes) is 1. The summed E-state index contributed by atoms with van der Waals surface area (Å²) in [6.07, 6.45) is 3.95. The Kier molecular flexibility index (Phi) is 11.3. The van der Waals surface area contributed by atoms with Crippen molar-refractivity contribution in [2.45, 2.75) is 63.7 Å². The van der Waals surface area contributed by atoms with E-state index in [-0.39, 0.29) is 24.7 Å². The Morgan fingerprint density at radius 2 is 1.81 bits per heavy atom. The van der Waals surface area contributed by atoms with Crippen molar-refractivity contribution in [3.8, 4) is 0 Å². The van der Waals surface area contributed by atoms with Crippen LogP contribution in [0.1, 0.15) is 48.8 Å². The van der Waals surface area contributed by atoms with E-state index in [0.29, 0.717) is 37.9 Å². The molecule has 3 rings (SSSR count). The molecule has 0 N–H and O–H groups in total. The molecular formula is C29H37FO6S. The summed E-state index contributed by atoms with van der Waals surface area (Å²) in [5, 5.41) is 0. The first-order valence-electron chi connectivity index (χ1n) is 12.7. The summed E-state index contributed by atoms with van der Waals surface area (Å²) in [6, 6.07) is 16.8. The fourth-order valence-electron chi connectivity index (χ4n) is 4.73. The highest BCUT2D eigenvalue weighted by molar-refractivity contribution is 7.85. The summed E-state index contributed by atoms with van der Waals surface area (Å²) in [7, 11) is -2.55. The molecule has 0 heterocycles. The summed E-state index contributed by atoms with van der Waals surface area (Å²) in [5.41, 5.74) is 2.75. The molecule has 2 aromatic rings. The monoisotopic (exact) mass is 532 g/mol. The number of hydrogen-bond acceptors (Lipinski definition) is 6. The van der Waals surface area contributed by atoms with Gasteiger partial charge in [-0.3, -0.25) is 8.98 Å². The largest absolute Gasteiger partial charge is 0.469 e. The number of carbonyl (C=O) groups excluding carboxylic acids is 1. The second kappa shape index (κ2) is 14.4. The quantitative estimate of drug-likeness (QED) is 0.135. The smallest absolute Gasteiger partial charge is 0.305 e. The third-order valence-electron chi connectivity index (χ3n) is 6.62. The maximum Gasteiger partial charge on any atom is 0.305 e. The fourth-order valence-corrected chi connectivity index (χ4v) is 6.00. The van der Waals surface area contributed by atoms with Gasteiger partial charge < -0.3 is 9.47 Å². The molecule has 2 aromatic carbocycles. The average Bonchev–Trinajstić information content (AvgIpc) is 3.14. The summed E-state index contributed by atoms with van der Waals surface area (Å²) in [4.78, 5) is 11.3. The van der Waals surface area contributed by atoms with Crippen molar-refractivity contribution in [3.63, 3.8) is 0 Å². The summed E-state index contributed by atoms with van der Waals surface area (Å²) < 4.78 is 57.0. The lowest BCUT2D eigenvalue weighted by molar-refractivity contribution is -0.140. The Labute approximate surface area is 219 Å². The van der Waals surface area contributed by atoms with Crippen LogP contribution in [0.25, 0.3) is 0 Å². The molecule has 0 radical (unpaired) electrons. The van der Waals surface area contributed by atoms with Crippen LogP contribution < -0.4 is 0 Å². The Balaban J connectivity index is 1.64. The number of methoxy groups -OCH3 is 1. The van der Waals surface area contributed by atoms with Gasteiger partial charge in [-0.2, -0.15) is 8.42 Å². The zero-order chi connectivity index (χ0) is 26.7. The minimum atomic E-state index is -3.91. The highest BCUT2D eigenvalue weighted by atomic mass is 32.2. The highest BCUT2D eigenvalue weighted by Crippen LogP contribution is 2.40. The number of aryl methyl sites for hydroxylation is 1. The van der Waals surface area contributed by atoms with Gasteiger partial charge in [-0.25, -0.2) is 4.39 Å². The van der Waals surface area contributed by atoms with E-state index >= 15 is 4.39 Å². The first-order valence-corrected chi connectivity index (χ1v) is 14.3. The zero-order valence-electron chi connectivity index (χ0n) is 21.6. The molecule has 0 saturated heterocycles. The molecule has 202 valence electrons. The second-order valence-electron chi connectivity index (χ2n) is 9.58. The lowest BCUT2D eigenvalue weighted by atomic mass is 9.91. The third kappa shape index (κ3) is 9.68. The predicted octanol–water partition coefficient (Wildman–Crippen LogP) is 5.69. The number of esters is 1. The second-order valence-corrected chi connectivity index (χ2v) is 11.2. The highest BCUT2D eigenvalue weighted by Gasteiger charge is 2.45. The van der Waals surface area contributed by atoms with Gasteiger partial charge in [-0.15, -0.1) is 0 Å². The molecule has 1 aliphatic rings. The third-order valence-corrected chi connectivity index (χ3v) is 7.85. The number of carbonyl (C=O) groups is 1. The Morgan fingerprint density at radius 1 is 1.05 bits per heavy atom. The molecule has 37 heavy (non-hydrogen) atoms. The number of ether oxygens (including phenoxy) is 2. The van der Waals surface area contributed by atoms with Crippen molar-refractivity contribution in [1.29, 1.82) is 0 Å². The molecule has 1 aliphatic carbocycles. The van der Waals surface area contributed by atoms with E-state index in [4.69, 9.17) is 8.92 Å². The van der Waals surface area contributed by atoms with E-state index in [9.17, 15) is 13.2 Å². The average molecular weight is 533 g/mol. The molecule has 1 fully saturated rings. The van der Waals surface area contributed by atoms with Crippen LogP contribution in [-0.4, -0.2) is 40.4 Å². The first kappa shape index (κ1) is 29.0. The Morgan fingerprint density at radius 3 is 2.54 bits per heavy atom. The van der Waals surface area contributed by atoms with Crippen LogP contribution in [0.3, 0.4) is 0 Å². The number of benzene rings is 2. The van der Waals surface area contributed by atoms with Gasteiger partial charge in [0.05, 0.1) is 26.4 Å². The van der Waals surface area contributed by atoms with E-state index < -0.39 is 34.2 Å². The van der Waals surface area contributed by atoms with Crippen molar-refractivity contribution >= 4 is 16.1 Å². The van der Waals surface area contributed by atoms with E-state index in [2.05, 4.69) is 4.74 Å². The van der Waals surface area contributed by atoms with Gasteiger partial charge >= 0.3 is 5.97 Å². The normalized spacial score (nSPS) is 21.9. The zero-order valence-corrected chi connectivity index (χ0v) is 22.4. The molecule has 1 saturated carbocycles. The molecule has 8 heteroatoms. The summed E-state index contributed by atoms with van der Waals surface area (Å²) in [6.45, 7) is 2.55. The predicted molar refractivity (Wildman–Crippen MR) is 141 cm³/mol. The van der Waals surface area contributed by atoms with Crippen LogP contribution >= 0.6 is 0 Å². The van der Waals surface area contributed by atoms with Gasteiger partial charge in [0.1, 0.15) is 11.9 Å². The van der Waals surface area contributed by atoms with E-state index in [0.717, 1.165) is 11.1 Å². The molecule has 0 aliphatic heterocycles. The van der Waals surface area contributed by atoms with Gasteiger partial charge in [0.2, 0.25) is 0 Å². The molecular weight excluding hydrogens is 495 g/mol. The van der Waals surface area contributed by atoms with Gasteiger partial charge in [0.25, 0.3) is 10.1 Å². The minimum Gasteiger partial charge on any atom is -0.469 e. The maximum atomic E-state index is 15.2. The fraction of sp³-hybridized carbons (Fsp3) is 0.483. The molecule has 0 unspecified atom stereocenters. The van der Waals surface area contributed by atoms with E-state index in [1.54, 1.807) is 24.3 Å². The number of allylic oxidation sites excluding steroid dienone is 2. The van der Waals surface area contributed by atoms with Crippen LogP contribution in [0.2, 0.25) is 0 Å². The Hall–Kier alpha value is -2.55. The summed E-state index contributed by atoms with van der Waals surface area (Å²) >= 11 is 0. The number of rotatable bonds is 14. The number of alkyl halides is 1. The van der Waals surface area contributed by atoms with Gasteiger partial charge in [0, 0.05) is 24.7 Å². The van der Waals surface area contributed by atoms with Crippen LogP contribution in [-0.2, 0) is 40.9 Å². The molecule has 4 atom stereocenters. The number of halogens is 1. The standard InChI is InChI=1S/C29H37FO6S/c1-22-11-10-14-24(17-22)19-35-20-26-25(15-8-3-4-9-16-29(31)34-2)27(30)18-28(26)36-37(32,33)21-23-12-6-5-7-13-23/h3,5-8,10-14,17,25-28H,4,9,15-16,18-21H2,1-2H3/b8-3-/t25-,26-,27-,28-/m0/s1. The molecule has 0 spiro atoms. The van der Waals surface area contributed by atoms with Crippen LogP contribution in [0.4, 0.5) is 4.39 Å². The Bertz CT molecular complexity index is 1120. The van der Waals surface area contributed by atoms with Crippen molar-refractivity contribution in [2.75, 3.05) is 13.7 Å². The van der Waals surface area contributed by atoms with E-state index in [1.807, 2.05) is 49.4 Å². The van der Waals surface area contributed by atoms with Gasteiger partial charge in [-0.1, -0.05) is 72.3 Å². The summed E-state index contributed by atoms with van der Waals surface area (Å²) in [5.74, 6) is -1.35. The lowest BCUT2D eigenvalue weighted by Crippen LogP contribution is -2.30. The van der Waals surface area contributed by atoms with Crippen LogP contribution in [0.15, 0.2) is 66.7 Å². The first-order chi connectivity index (χ1) is 17.8. The van der Waals surface area contributed by atoms with Crippen molar-refractivity contribution in [2.24, 2.45) is 11.8 Å². The topological polar surface area (TPSA) is 78.9 Å². The molecule has 0 aromatic heterocycles.